The Labute approximate surface area is 158 Å². The van der Waals surface area contributed by atoms with Crippen molar-refractivity contribution in [1.29, 1.82) is 0 Å². The fraction of sp³-hybridized carbons (Fsp3) is 0.450. The van der Waals surface area contributed by atoms with E-state index in [9.17, 15) is 9.59 Å². The molecular weight excluding hydrogens is 344 g/mol. The lowest BCUT2D eigenvalue weighted by Crippen LogP contribution is -2.38. The van der Waals surface area contributed by atoms with Crippen LogP contribution in [0.25, 0.3) is 11.3 Å². The summed E-state index contributed by atoms with van der Waals surface area (Å²) >= 11 is 0. The first-order chi connectivity index (χ1) is 13.1. The number of nitrogens with zero attached hydrogens (tertiary/aromatic N) is 3. The standard InChI is InChI=1S/C20H24N4O3/c1-14(25)22-17-4-2-3-15(11-17)18-12-21-19-5-7-23(8-9-24(18)19)20(26)16-6-10-27-13-16/h2-4,11-12,16H,5-10,13H2,1H3,(H,22,25)/t16-/m0/s1. The van der Waals surface area contributed by atoms with Crippen molar-refractivity contribution < 1.29 is 14.3 Å². The number of hydrogen-bond acceptors (Lipinski definition) is 4. The molecule has 1 atom stereocenters. The van der Waals surface area contributed by atoms with E-state index < -0.39 is 0 Å². The lowest BCUT2D eigenvalue weighted by atomic mass is 10.1. The third kappa shape index (κ3) is 3.73. The quantitative estimate of drug-likeness (QED) is 0.898. The number of imidazole rings is 1. The number of nitrogens with one attached hydrogen (secondary N) is 1. The zero-order chi connectivity index (χ0) is 18.8. The largest absolute Gasteiger partial charge is 0.381 e. The minimum absolute atomic E-state index is 0.00392. The Morgan fingerprint density at radius 1 is 1.26 bits per heavy atom. The summed E-state index contributed by atoms with van der Waals surface area (Å²) in [6, 6.07) is 7.76. The average Bonchev–Trinajstić information content (AvgIpc) is 3.27. The van der Waals surface area contributed by atoms with Crippen molar-refractivity contribution in [1.82, 2.24) is 14.5 Å². The number of rotatable bonds is 3. The molecule has 2 aliphatic rings. The molecule has 3 heterocycles. The highest BCUT2D eigenvalue weighted by Crippen LogP contribution is 2.26. The molecule has 1 saturated heterocycles. The lowest BCUT2D eigenvalue weighted by Gasteiger charge is -2.23. The molecule has 1 fully saturated rings. The van der Waals surface area contributed by atoms with Gasteiger partial charge in [0.2, 0.25) is 11.8 Å². The van der Waals surface area contributed by atoms with Crippen molar-refractivity contribution in [3.05, 3.63) is 36.3 Å². The number of ether oxygens (including phenoxy) is 1. The van der Waals surface area contributed by atoms with Crippen molar-refractivity contribution in [2.24, 2.45) is 5.92 Å². The summed E-state index contributed by atoms with van der Waals surface area (Å²) < 4.78 is 7.55. The van der Waals surface area contributed by atoms with Gasteiger partial charge in [-0.1, -0.05) is 12.1 Å². The minimum atomic E-state index is -0.0932. The Morgan fingerprint density at radius 3 is 2.93 bits per heavy atom. The molecule has 0 saturated carbocycles. The Balaban J connectivity index is 1.53. The summed E-state index contributed by atoms with van der Waals surface area (Å²) in [5.41, 5.74) is 2.78. The second-order valence-corrected chi connectivity index (χ2v) is 7.11. The first kappa shape index (κ1) is 17.7. The minimum Gasteiger partial charge on any atom is -0.381 e. The molecule has 2 amide bonds. The fourth-order valence-electron chi connectivity index (χ4n) is 3.83. The van der Waals surface area contributed by atoms with Crippen LogP contribution in [0, 0.1) is 5.92 Å². The van der Waals surface area contributed by atoms with Crippen LogP contribution in [0.1, 0.15) is 19.2 Å². The number of carbonyl (C=O) groups excluding carboxylic acids is 2. The van der Waals surface area contributed by atoms with Gasteiger partial charge < -0.3 is 19.5 Å². The first-order valence-corrected chi connectivity index (χ1v) is 9.41. The number of fused-ring (bicyclic) bond motifs is 1. The lowest BCUT2D eigenvalue weighted by molar-refractivity contribution is -0.135. The normalized spacial score (nSPS) is 19.4. The van der Waals surface area contributed by atoms with E-state index in [0.717, 1.165) is 35.6 Å². The third-order valence-electron chi connectivity index (χ3n) is 5.21. The summed E-state index contributed by atoms with van der Waals surface area (Å²) in [7, 11) is 0. The molecule has 1 aromatic heterocycles. The molecule has 0 aliphatic carbocycles. The fourth-order valence-corrected chi connectivity index (χ4v) is 3.83. The Morgan fingerprint density at radius 2 is 2.15 bits per heavy atom. The topological polar surface area (TPSA) is 76.5 Å². The monoisotopic (exact) mass is 368 g/mol. The van der Waals surface area contributed by atoms with Crippen molar-refractivity contribution in [3.8, 4) is 11.3 Å². The Bertz CT molecular complexity index is 855. The van der Waals surface area contributed by atoms with Crippen LogP contribution in [0.15, 0.2) is 30.5 Å². The molecule has 27 heavy (non-hydrogen) atoms. The van der Waals surface area contributed by atoms with Crippen molar-refractivity contribution in [2.75, 3.05) is 31.6 Å². The zero-order valence-corrected chi connectivity index (χ0v) is 15.5. The van der Waals surface area contributed by atoms with Crippen LogP contribution < -0.4 is 5.32 Å². The van der Waals surface area contributed by atoms with Gasteiger partial charge in [-0.15, -0.1) is 0 Å². The molecule has 4 rings (SSSR count). The molecule has 0 radical (unpaired) electrons. The van der Waals surface area contributed by atoms with Crippen LogP contribution in [0.4, 0.5) is 5.69 Å². The van der Waals surface area contributed by atoms with E-state index in [4.69, 9.17) is 4.74 Å². The van der Waals surface area contributed by atoms with E-state index in [1.807, 2.05) is 35.4 Å². The summed E-state index contributed by atoms with van der Waals surface area (Å²) in [4.78, 5) is 30.6. The van der Waals surface area contributed by atoms with E-state index >= 15 is 0 Å². The maximum Gasteiger partial charge on any atom is 0.228 e. The second kappa shape index (κ2) is 7.52. The number of hydrogen-bond donors (Lipinski definition) is 1. The predicted octanol–water partition coefficient (Wildman–Crippen LogP) is 1.93. The molecule has 7 nitrogen and oxygen atoms in total. The van der Waals surface area contributed by atoms with Crippen LogP contribution in [-0.4, -0.2) is 52.6 Å². The highest BCUT2D eigenvalue weighted by atomic mass is 16.5. The maximum absolute atomic E-state index is 12.7. The van der Waals surface area contributed by atoms with Gasteiger partial charge in [0.15, 0.2) is 0 Å². The van der Waals surface area contributed by atoms with E-state index in [-0.39, 0.29) is 17.7 Å². The molecule has 2 aromatic rings. The summed E-state index contributed by atoms with van der Waals surface area (Å²) in [6.07, 6.45) is 3.44. The van der Waals surface area contributed by atoms with Gasteiger partial charge in [0, 0.05) is 50.8 Å². The van der Waals surface area contributed by atoms with Gasteiger partial charge in [-0.25, -0.2) is 4.98 Å². The van der Waals surface area contributed by atoms with E-state index in [0.29, 0.717) is 32.8 Å². The van der Waals surface area contributed by atoms with Crippen molar-refractivity contribution >= 4 is 17.5 Å². The molecule has 7 heteroatoms. The molecule has 142 valence electrons. The summed E-state index contributed by atoms with van der Waals surface area (Å²) in [5, 5.41) is 2.82. The molecule has 0 bridgehead atoms. The smallest absolute Gasteiger partial charge is 0.228 e. The number of carbonyl (C=O) groups is 2. The van der Waals surface area contributed by atoms with Gasteiger partial charge in [-0.3, -0.25) is 9.59 Å². The van der Waals surface area contributed by atoms with Gasteiger partial charge in [0.25, 0.3) is 0 Å². The SMILES string of the molecule is CC(=O)Nc1cccc(-c2cnc3n2CCN(C(=O)[C@H]2CCOC2)CC3)c1. The third-order valence-corrected chi connectivity index (χ3v) is 5.21. The van der Waals surface area contributed by atoms with E-state index in [2.05, 4.69) is 14.9 Å². The predicted molar refractivity (Wildman–Crippen MR) is 101 cm³/mol. The van der Waals surface area contributed by atoms with E-state index in [1.165, 1.54) is 6.92 Å². The van der Waals surface area contributed by atoms with Crippen molar-refractivity contribution in [3.63, 3.8) is 0 Å². The van der Waals surface area contributed by atoms with Crippen LogP contribution in [0.5, 0.6) is 0 Å². The molecule has 0 unspecified atom stereocenters. The van der Waals surface area contributed by atoms with Gasteiger partial charge in [0.05, 0.1) is 24.4 Å². The van der Waals surface area contributed by atoms with Crippen molar-refractivity contribution in [2.45, 2.75) is 26.3 Å². The summed E-state index contributed by atoms with van der Waals surface area (Å²) in [5.74, 6) is 1.11. The second-order valence-electron chi connectivity index (χ2n) is 7.11. The maximum atomic E-state index is 12.7. The zero-order valence-electron chi connectivity index (χ0n) is 15.5. The van der Waals surface area contributed by atoms with Gasteiger partial charge in [-0.05, 0) is 18.6 Å². The average molecular weight is 368 g/mol. The Hall–Kier alpha value is -2.67. The van der Waals surface area contributed by atoms with Crippen LogP contribution in [0.3, 0.4) is 0 Å². The number of benzene rings is 1. The van der Waals surface area contributed by atoms with Gasteiger partial charge >= 0.3 is 0 Å². The number of anilines is 1. The molecule has 0 spiro atoms. The highest BCUT2D eigenvalue weighted by molar-refractivity contribution is 5.89. The van der Waals surface area contributed by atoms with Gasteiger partial charge in [0.1, 0.15) is 5.82 Å². The van der Waals surface area contributed by atoms with Crippen LogP contribution in [0.2, 0.25) is 0 Å². The Kier molecular flexibility index (Phi) is 4.94. The molecule has 2 aliphatic heterocycles. The molecular formula is C20H24N4O3. The van der Waals surface area contributed by atoms with E-state index in [1.54, 1.807) is 0 Å². The highest BCUT2D eigenvalue weighted by Gasteiger charge is 2.29. The van der Waals surface area contributed by atoms with Crippen LogP contribution >= 0.6 is 0 Å². The van der Waals surface area contributed by atoms with Gasteiger partial charge in [-0.2, -0.15) is 0 Å². The first-order valence-electron chi connectivity index (χ1n) is 9.41. The number of amides is 2. The molecule has 1 aromatic carbocycles. The number of aromatic nitrogens is 2. The summed E-state index contributed by atoms with van der Waals surface area (Å²) in [6.45, 7) is 4.81. The molecule has 1 N–H and O–H groups in total. The van der Waals surface area contributed by atoms with Crippen LogP contribution in [-0.2, 0) is 27.3 Å².